The fourth-order valence-corrected chi connectivity index (χ4v) is 6.72. The first-order valence-corrected chi connectivity index (χ1v) is 16.4. The van der Waals surface area contributed by atoms with Crippen molar-refractivity contribution in [1.29, 1.82) is 0 Å². The third kappa shape index (κ3) is 7.08. The summed E-state index contributed by atoms with van der Waals surface area (Å²) < 4.78 is 68.6. The van der Waals surface area contributed by atoms with Crippen LogP contribution in [0.3, 0.4) is 0 Å². The molecule has 0 bridgehead atoms. The monoisotopic (exact) mass is 675 g/mol. The van der Waals surface area contributed by atoms with E-state index < -0.39 is 20.2 Å². The topological polar surface area (TPSA) is 210 Å². The van der Waals surface area contributed by atoms with E-state index in [0.717, 1.165) is 11.1 Å². The maximum Gasteiger partial charge on any atom is 0.297 e. The summed E-state index contributed by atoms with van der Waals surface area (Å²) in [5.74, 6) is 0. The molecule has 6 aromatic rings. The Bertz CT molecular complexity index is 2260. The molecule has 6 rings (SSSR count). The van der Waals surface area contributed by atoms with E-state index in [4.69, 9.17) is 11.5 Å². The zero-order valence-corrected chi connectivity index (χ0v) is 28.3. The van der Waals surface area contributed by atoms with Crippen molar-refractivity contribution in [3.63, 3.8) is 0 Å². The van der Waals surface area contributed by atoms with Crippen LogP contribution >= 0.6 is 0 Å². The van der Waals surface area contributed by atoms with Gasteiger partial charge in [0.15, 0.2) is 0 Å². The van der Waals surface area contributed by atoms with Gasteiger partial charge < -0.3 is 11.5 Å². The Labute approximate surface area is 291 Å². The number of hydrogen-bond donors (Lipinski definition) is 4. The minimum atomic E-state index is -4.63. The summed E-state index contributed by atoms with van der Waals surface area (Å²) in [6.45, 7) is 0. The van der Waals surface area contributed by atoms with Crippen LogP contribution < -0.4 is 11.5 Å². The van der Waals surface area contributed by atoms with Crippen LogP contribution in [0.25, 0.3) is 32.7 Å². The van der Waals surface area contributed by atoms with E-state index >= 15 is 0 Å². The molecular weight excluding hydrogens is 652 g/mol. The van der Waals surface area contributed by atoms with E-state index in [1.54, 1.807) is 84.9 Å². The van der Waals surface area contributed by atoms with Crippen molar-refractivity contribution < 1.29 is 25.9 Å². The van der Waals surface area contributed by atoms with Crippen molar-refractivity contribution in [3.8, 4) is 11.1 Å². The van der Waals surface area contributed by atoms with Crippen LogP contribution in [0.4, 0.5) is 34.1 Å². The van der Waals surface area contributed by atoms with E-state index in [2.05, 4.69) is 20.5 Å². The molecule has 0 unspecified atom stereocenters. The molecule has 0 heterocycles. The van der Waals surface area contributed by atoms with E-state index in [1.807, 2.05) is 0 Å². The molecule has 0 saturated heterocycles. The van der Waals surface area contributed by atoms with Gasteiger partial charge >= 0.3 is 0 Å². The van der Waals surface area contributed by atoms with Crippen LogP contribution in [0.2, 0.25) is 0 Å². The molecule has 1 radical (unpaired) electrons. The molecule has 47 heavy (non-hydrogen) atoms. The van der Waals surface area contributed by atoms with Gasteiger partial charge in [-0.2, -0.15) is 27.1 Å². The van der Waals surface area contributed by atoms with Crippen LogP contribution in [0.5, 0.6) is 0 Å². The third-order valence-corrected chi connectivity index (χ3v) is 9.04. The predicted molar refractivity (Wildman–Crippen MR) is 182 cm³/mol. The molecule has 0 aliphatic carbocycles. The number of azo groups is 2. The van der Waals surface area contributed by atoms with Gasteiger partial charge in [0.1, 0.15) is 21.2 Å². The summed E-state index contributed by atoms with van der Waals surface area (Å²) in [5.41, 5.74) is 15.1. The second kappa shape index (κ2) is 13.3. The van der Waals surface area contributed by atoms with Crippen molar-refractivity contribution in [3.05, 3.63) is 109 Å². The first-order chi connectivity index (χ1) is 21.9. The van der Waals surface area contributed by atoms with Gasteiger partial charge in [-0.3, -0.25) is 9.11 Å². The zero-order chi connectivity index (χ0) is 32.6. The Kier molecular flexibility index (Phi) is 9.56. The zero-order valence-electron chi connectivity index (χ0n) is 24.7. The van der Waals surface area contributed by atoms with Gasteiger partial charge in [-0.05, 0) is 47.5 Å². The summed E-state index contributed by atoms with van der Waals surface area (Å²) in [4.78, 5) is -0.763. The van der Waals surface area contributed by atoms with Gasteiger partial charge in [-0.1, -0.05) is 72.8 Å². The minimum absolute atomic E-state index is 0. The average Bonchev–Trinajstić information content (AvgIpc) is 3.02. The van der Waals surface area contributed by atoms with E-state index in [0.29, 0.717) is 22.1 Å². The number of hydrogen-bond acceptors (Lipinski definition) is 10. The average molecular weight is 676 g/mol. The SMILES string of the molecule is Nc1cc(N=Nc2ccc(-c3ccc(N=Nc4cc(N)c5ccccc5c4S(=O)(=O)O)cc3)cc2)c(S(=O)(=O)O)c2ccccc12.[Na]. The van der Waals surface area contributed by atoms with Gasteiger partial charge in [0, 0.05) is 62.5 Å². The second-order valence-corrected chi connectivity index (χ2v) is 12.9. The molecule has 0 aliphatic heterocycles. The summed E-state index contributed by atoms with van der Waals surface area (Å²) in [6, 6.07) is 29.6. The van der Waals surface area contributed by atoms with E-state index in [-0.39, 0.29) is 72.9 Å². The van der Waals surface area contributed by atoms with Gasteiger partial charge in [-0.25, -0.2) is 0 Å². The number of benzene rings is 6. The maximum absolute atomic E-state index is 12.2. The van der Waals surface area contributed by atoms with Gasteiger partial charge in [0.05, 0.1) is 11.4 Å². The smallest absolute Gasteiger partial charge is 0.297 e. The molecule has 0 aromatic heterocycles. The van der Waals surface area contributed by atoms with Crippen molar-refractivity contribution in [2.45, 2.75) is 9.79 Å². The molecule has 0 aliphatic rings. The first-order valence-electron chi connectivity index (χ1n) is 13.5. The quantitative estimate of drug-likeness (QED) is 0.0567. The summed E-state index contributed by atoms with van der Waals surface area (Å²) >= 11 is 0. The molecular formula is C32H24N6NaO6S2. The van der Waals surface area contributed by atoms with Gasteiger partial charge in [-0.15, -0.1) is 10.2 Å². The van der Waals surface area contributed by atoms with Crippen LogP contribution in [-0.4, -0.2) is 55.5 Å². The van der Waals surface area contributed by atoms with Crippen molar-refractivity contribution >= 4 is 105 Å². The molecule has 0 amide bonds. The molecule has 0 saturated carbocycles. The molecule has 0 fully saturated rings. The van der Waals surface area contributed by atoms with E-state index in [1.165, 1.54) is 24.3 Å². The minimum Gasteiger partial charge on any atom is -0.398 e. The Hall–Kier alpha value is -4.54. The first kappa shape index (κ1) is 33.8. The summed E-state index contributed by atoms with van der Waals surface area (Å²) in [5, 5.41) is 17.8. The molecule has 231 valence electrons. The molecule has 6 N–H and O–H groups in total. The van der Waals surface area contributed by atoms with Crippen LogP contribution in [0.1, 0.15) is 0 Å². The number of fused-ring (bicyclic) bond motifs is 2. The fraction of sp³-hybridized carbons (Fsp3) is 0. The van der Waals surface area contributed by atoms with Crippen molar-refractivity contribution in [2.24, 2.45) is 20.5 Å². The second-order valence-electron chi connectivity index (χ2n) is 10.2. The normalized spacial score (nSPS) is 12.2. The maximum atomic E-state index is 12.2. The number of nitrogen functional groups attached to an aromatic ring is 2. The van der Waals surface area contributed by atoms with Crippen LogP contribution in [-0.2, 0) is 20.2 Å². The molecule has 6 aromatic carbocycles. The van der Waals surface area contributed by atoms with Crippen molar-refractivity contribution in [2.75, 3.05) is 11.5 Å². The summed E-state index contributed by atoms with van der Waals surface area (Å²) in [6.07, 6.45) is 0. The Morgan fingerprint density at radius 3 is 1.11 bits per heavy atom. The standard InChI is InChI=1S/C32H24N6O6S2.Na/c33-27-17-29(31(45(39,40)41)25-7-3-1-5-23(25)27)37-35-21-13-9-19(10-14-21)20-11-15-22(16-12-20)36-38-30-18-28(34)24-6-2-4-8-26(24)32(30)46(42,43)44;/h1-18H,33-34H2,(H,39,40,41)(H,42,43,44);. The fourth-order valence-electron chi connectivity index (χ4n) is 5.08. The number of nitrogens with two attached hydrogens (primary N) is 2. The van der Waals surface area contributed by atoms with Gasteiger partial charge in [0.2, 0.25) is 0 Å². The predicted octanol–water partition coefficient (Wildman–Crippen LogP) is 7.77. The Morgan fingerprint density at radius 2 is 0.787 bits per heavy atom. The molecule has 0 spiro atoms. The largest absolute Gasteiger partial charge is 0.398 e. The number of nitrogens with zero attached hydrogens (tertiary/aromatic N) is 4. The Morgan fingerprint density at radius 1 is 0.468 bits per heavy atom. The van der Waals surface area contributed by atoms with Crippen molar-refractivity contribution in [1.82, 2.24) is 0 Å². The van der Waals surface area contributed by atoms with Crippen LogP contribution in [0, 0.1) is 0 Å². The third-order valence-electron chi connectivity index (χ3n) is 7.15. The number of anilines is 2. The van der Waals surface area contributed by atoms with E-state index in [9.17, 15) is 25.9 Å². The molecule has 0 atom stereocenters. The summed E-state index contributed by atoms with van der Waals surface area (Å²) in [7, 11) is -9.27. The molecule has 15 heteroatoms. The Balaban J connectivity index is 0.00000433. The number of rotatable bonds is 7. The molecule has 12 nitrogen and oxygen atoms in total. The van der Waals surface area contributed by atoms with Crippen LogP contribution in [0.15, 0.2) is 139 Å². The van der Waals surface area contributed by atoms with Gasteiger partial charge in [0.25, 0.3) is 20.2 Å².